The van der Waals surface area contributed by atoms with Gasteiger partial charge in [-0.2, -0.15) is 10.1 Å². The molecular weight excluding hydrogens is 314 g/mol. The summed E-state index contributed by atoms with van der Waals surface area (Å²) in [6.07, 6.45) is 7.08. The van der Waals surface area contributed by atoms with Gasteiger partial charge >= 0.3 is 0 Å². The maximum atomic E-state index is 12.9. The minimum absolute atomic E-state index is 0.170. The van der Waals surface area contributed by atoms with E-state index in [-0.39, 0.29) is 5.95 Å². The Hall–Kier alpha value is -3.03. The van der Waals surface area contributed by atoms with Crippen LogP contribution in [0.3, 0.4) is 0 Å². The number of nitrogens with zero attached hydrogens (tertiary/aromatic N) is 4. The van der Waals surface area contributed by atoms with E-state index in [1.54, 1.807) is 16.9 Å². The fourth-order valence-corrected chi connectivity index (χ4v) is 2.55. The third-order valence-corrected chi connectivity index (χ3v) is 3.70. The van der Waals surface area contributed by atoms with E-state index in [0.717, 1.165) is 29.0 Å². The molecule has 4 rings (SSSR count). The van der Waals surface area contributed by atoms with Gasteiger partial charge < -0.3 is 10.3 Å². The largest absolute Gasteiger partial charge is 0.348 e. The number of fused-ring (bicyclic) bond motifs is 2. The average molecular weight is 328 g/mol. The number of aromatic nitrogens is 5. The Kier molecular flexibility index (Phi) is 3.19. The number of rotatable bonds is 4. The van der Waals surface area contributed by atoms with Crippen LogP contribution in [0, 0.1) is 0 Å². The standard InChI is InChI=1S/C16H14F2N6/c1-16(17,18)9-21-15-20-8-13-12(7-19-14(13)23-15)10-3-5-24-11(6-10)2-4-22-24/h2-8H,9H2,1H3,(H2,19,20,21,23). The zero-order valence-corrected chi connectivity index (χ0v) is 12.8. The summed E-state index contributed by atoms with van der Waals surface area (Å²) in [6.45, 7) is 0.335. The SMILES string of the molecule is CC(F)(F)CNc1ncc2c(-c3ccn4nccc4c3)c[nH]c2n1. The van der Waals surface area contributed by atoms with Gasteiger partial charge in [0.05, 0.1) is 12.1 Å². The molecule has 4 aromatic rings. The van der Waals surface area contributed by atoms with Crippen molar-refractivity contribution in [1.29, 1.82) is 0 Å². The molecular formula is C16H14F2N6. The number of aromatic amines is 1. The van der Waals surface area contributed by atoms with Gasteiger partial charge in [0.2, 0.25) is 5.95 Å². The topological polar surface area (TPSA) is 70.9 Å². The summed E-state index contributed by atoms with van der Waals surface area (Å²) in [5.74, 6) is -2.65. The zero-order valence-electron chi connectivity index (χ0n) is 12.8. The third-order valence-electron chi connectivity index (χ3n) is 3.70. The fourth-order valence-electron chi connectivity index (χ4n) is 2.55. The summed E-state index contributed by atoms with van der Waals surface area (Å²) in [5.41, 5.74) is 3.52. The monoisotopic (exact) mass is 328 g/mol. The van der Waals surface area contributed by atoms with Crippen LogP contribution in [0.4, 0.5) is 14.7 Å². The minimum Gasteiger partial charge on any atom is -0.348 e. The van der Waals surface area contributed by atoms with Crippen LogP contribution < -0.4 is 5.32 Å². The molecule has 4 aromatic heterocycles. The number of H-pyrrole nitrogens is 1. The number of anilines is 1. The van der Waals surface area contributed by atoms with Crippen LogP contribution in [0.15, 0.2) is 43.0 Å². The summed E-state index contributed by atoms with van der Waals surface area (Å²) in [4.78, 5) is 11.4. The maximum Gasteiger partial charge on any atom is 0.262 e. The molecule has 0 amide bonds. The van der Waals surface area contributed by atoms with E-state index >= 15 is 0 Å². The lowest BCUT2D eigenvalue weighted by molar-refractivity contribution is 0.0366. The summed E-state index contributed by atoms with van der Waals surface area (Å²) in [6, 6.07) is 5.88. The Labute approximate surface area is 135 Å². The van der Waals surface area contributed by atoms with Crippen LogP contribution in [-0.4, -0.2) is 37.0 Å². The van der Waals surface area contributed by atoms with Gasteiger partial charge in [-0.15, -0.1) is 0 Å². The Morgan fingerprint density at radius 1 is 1.33 bits per heavy atom. The van der Waals surface area contributed by atoms with Crippen LogP contribution in [0.25, 0.3) is 27.7 Å². The van der Waals surface area contributed by atoms with Gasteiger partial charge in [-0.1, -0.05) is 0 Å². The lowest BCUT2D eigenvalue weighted by Crippen LogP contribution is -2.23. The summed E-state index contributed by atoms with van der Waals surface area (Å²) < 4.78 is 27.6. The first-order valence-electron chi connectivity index (χ1n) is 7.39. The van der Waals surface area contributed by atoms with E-state index in [2.05, 4.69) is 25.4 Å². The van der Waals surface area contributed by atoms with Crippen molar-refractivity contribution in [2.24, 2.45) is 0 Å². The number of pyridine rings is 1. The van der Waals surface area contributed by atoms with Crippen molar-refractivity contribution in [2.45, 2.75) is 12.8 Å². The molecule has 0 radical (unpaired) electrons. The van der Waals surface area contributed by atoms with Crippen molar-refractivity contribution in [1.82, 2.24) is 24.6 Å². The molecule has 122 valence electrons. The van der Waals surface area contributed by atoms with Crippen molar-refractivity contribution in [3.63, 3.8) is 0 Å². The Morgan fingerprint density at radius 2 is 2.21 bits per heavy atom. The lowest BCUT2D eigenvalue weighted by atomic mass is 10.1. The Balaban J connectivity index is 1.69. The highest BCUT2D eigenvalue weighted by molar-refractivity contribution is 5.94. The van der Waals surface area contributed by atoms with Crippen LogP contribution in [0.5, 0.6) is 0 Å². The molecule has 0 bridgehead atoms. The second-order valence-electron chi connectivity index (χ2n) is 5.70. The normalized spacial score (nSPS) is 12.1. The van der Waals surface area contributed by atoms with E-state index in [0.29, 0.717) is 5.65 Å². The lowest BCUT2D eigenvalue weighted by Gasteiger charge is -2.10. The molecule has 0 aliphatic heterocycles. The van der Waals surface area contributed by atoms with E-state index in [1.807, 2.05) is 30.6 Å². The molecule has 2 N–H and O–H groups in total. The van der Waals surface area contributed by atoms with Crippen molar-refractivity contribution in [3.05, 3.63) is 43.0 Å². The summed E-state index contributed by atoms with van der Waals surface area (Å²) in [7, 11) is 0. The first-order chi connectivity index (χ1) is 11.5. The highest BCUT2D eigenvalue weighted by atomic mass is 19.3. The number of hydrogen-bond donors (Lipinski definition) is 2. The molecule has 0 aliphatic carbocycles. The molecule has 0 fully saturated rings. The number of nitrogens with one attached hydrogen (secondary N) is 2. The van der Waals surface area contributed by atoms with E-state index < -0.39 is 12.5 Å². The van der Waals surface area contributed by atoms with Crippen LogP contribution >= 0.6 is 0 Å². The quantitative estimate of drug-likeness (QED) is 0.603. The third kappa shape index (κ3) is 2.66. The predicted octanol–water partition coefficient (Wildman–Crippen LogP) is 3.34. The Bertz CT molecular complexity index is 1010. The number of alkyl halides is 2. The van der Waals surface area contributed by atoms with Gasteiger partial charge in [0, 0.05) is 42.7 Å². The highest BCUT2D eigenvalue weighted by Crippen LogP contribution is 2.28. The van der Waals surface area contributed by atoms with Crippen LogP contribution in [0.2, 0.25) is 0 Å². The van der Waals surface area contributed by atoms with Gasteiger partial charge in [-0.25, -0.2) is 18.3 Å². The van der Waals surface area contributed by atoms with Crippen LogP contribution in [0.1, 0.15) is 6.92 Å². The molecule has 0 unspecified atom stereocenters. The molecule has 24 heavy (non-hydrogen) atoms. The molecule has 0 spiro atoms. The van der Waals surface area contributed by atoms with Crippen molar-refractivity contribution >= 4 is 22.5 Å². The second-order valence-corrected chi connectivity index (χ2v) is 5.70. The molecule has 0 atom stereocenters. The van der Waals surface area contributed by atoms with E-state index in [1.165, 1.54) is 0 Å². The summed E-state index contributed by atoms with van der Waals surface area (Å²) in [5, 5.41) is 7.54. The predicted molar refractivity (Wildman–Crippen MR) is 87.2 cm³/mol. The van der Waals surface area contributed by atoms with Gasteiger partial charge in [0.15, 0.2) is 0 Å². The van der Waals surface area contributed by atoms with Gasteiger partial charge in [-0.3, -0.25) is 0 Å². The molecule has 8 heteroatoms. The first kappa shape index (κ1) is 14.6. The van der Waals surface area contributed by atoms with Gasteiger partial charge in [0.25, 0.3) is 5.92 Å². The second kappa shape index (κ2) is 5.26. The minimum atomic E-state index is -2.82. The zero-order chi connectivity index (χ0) is 16.7. The van der Waals surface area contributed by atoms with Crippen LogP contribution in [-0.2, 0) is 0 Å². The van der Waals surface area contributed by atoms with Crippen molar-refractivity contribution < 1.29 is 8.78 Å². The fraction of sp³-hybridized carbons (Fsp3) is 0.188. The van der Waals surface area contributed by atoms with E-state index in [4.69, 9.17) is 0 Å². The molecule has 6 nitrogen and oxygen atoms in total. The molecule has 4 heterocycles. The Morgan fingerprint density at radius 3 is 3.04 bits per heavy atom. The van der Waals surface area contributed by atoms with Crippen molar-refractivity contribution in [2.75, 3.05) is 11.9 Å². The molecule has 0 saturated heterocycles. The molecule has 0 saturated carbocycles. The molecule has 0 aromatic carbocycles. The average Bonchev–Trinajstić information content (AvgIpc) is 3.17. The smallest absolute Gasteiger partial charge is 0.262 e. The van der Waals surface area contributed by atoms with Gasteiger partial charge in [-0.05, 0) is 23.8 Å². The number of halogens is 2. The summed E-state index contributed by atoms with van der Waals surface area (Å²) >= 11 is 0. The first-order valence-corrected chi connectivity index (χ1v) is 7.39. The number of hydrogen-bond acceptors (Lipinski definition) is 4. The maximum absolute atomic E-state index is 12.9. The molecule has 0 aliphatic rings. The van der Waals surface area contributed by atoms with E-state index in [9.17, 15) is 8.78 Å². The van der Waals surface area contributed by atoms with Crippen molar-refractivity contribution in [3.8, 4) is 11.1 Å². The highest BCUT2D eigenvalue weighted by Gasteiger charge is 2.21. The van der Waals surface area contributed by atoms with Gasteiger partial charge in [0.1, 0.15) is 5.65 Å².